The molecule has 2 rings (SSSR count). The van der Waals surface area contributed by atoms with E-state index in [9.17, 15) is 4.79 Å². The predicted molar refractivity (Wildman–Crippen MR) is 85.6 cm³/mol. The smallest absolute Gasteiger partial charge is 0.329 e. The number of hydrogen-bond acceptors (Lipinski definition) is 5. The summed E-state index contributed by atoms with van der Waals surface area (Å²) in [5.74, 6) is -0.244. The number of esters is 1. The van der Waals surface area contributed by atoms with Crippen molar-refractivity contribution in [2.45, 2.75) is 70.4 Å². The van der Waals surface area contributed by atoms with Crippen LogP contribution in [0.25, 0.3) is 0 Å². The highest BCUT2D eigenvalue weighted by Gasteiger charge is 2.29. The van der Waals surface area contributed by atoms with Gasteiger partial charge in [0.25, 0.3) is 0 Å². The van der Waals surface area contributed by atoms with Crippen LogP contribution < -0.4 is 5.32 Å². The predicted octanol–water partition coefficient (Wildman–Crippen LogP) is 3.58. The van der Waals surface area contributed by atoms with Gasteiger partial charge in [0.15, 0.2) is 0 Å². The SMILES string of the molecule is COC(=O)C(NC1CCCCC1)c1csc(C(C)(C)C)n1. The normalized spacial score (nSPS) is 18.5. The summed E-state index contributed by atoms with van der Waals surface area (Å²) in [6, 6.07) is -0.0481. The third-order valence-corrected chi connectivity index (χ3v) is 5.19. The number of ether oxygens (including phenoxy) is 1. The Kier molecular flexibility index (Phi) is 5.38. The van der Waals surface area contributed by atoms with E-state index in [0.717, 1.165) is 23.5 Å². The summed E-state index contributed by atoms with van der Waals surface area (Å²) < 4.78 is 4.97. The van der Waals surface area contributed by atoms with Crippen molar-refractivity contribution in [3.63, 3.8) is 0 Å². The van der Waals surface area contributed by atoms with Gasteiger partial charge in [-0.25, -0.2) is 9.78 Å². The molecule has 0 bridgehead atoms. The Morgan fingerprint density at radius 1 is 1.38 bits per heavy atom. The van der Waals surface area contributed by atoms with E-state index in [2.05, 4.69) is 31.1 Å². The first-order chi connectivity index (χ1) is 9.91. The van der Waals surface area contributed by atoms with Gasteiger partial charge in [0, 0.05) is 16.8 Å². The van der Waals surface area contributed by atoms with E-state index in [1.165, 1.54) is 26.4 Å². The molecule has 0 spiro atoms. The zero-order valence-corrected chi connectivity index (χ0v) is 14.3. The van der Waals surface area contributed by atoms with Gasteiger partial charge in [-0.2, -0.15) is 0 Å². The molecule has 1 heterocycles. The van der Waals surface area contributed by atoms with Crippen molar-refractivity contribution in [1.29, 1.82) is 0 Å². The monoisotopic (exact) mass is 310 g/mol. The lowest BCUT2D eigenvalue weighted by atomic mass is 9.94. The quantitative estimate of drug-likeness (QED) is 0.864. The summed E-state index contributed by atoms with van der Waals surface area (Å²) in [5, 5.41) is 6.49. The number of nitrogens with one attached hydrogen (secondary N) is 1. The summed E-state index contributed by atoms with van der Waals surface area (Å²) >= 11 is 1.62. The van der Waals surface area contributed by atoms with Crippen LogP contribution in [0.1, 0.15) is 69.6 Å². The molecule has 1 aromatic heterocycles. The Labute approximate surface area is 131 Å². The van der Waals surface area contributed by atoms with E-state index in [0.29, 0.717) is 6.04 Å². The average molecular weight is 310 g/mol. The van der Waals surface area contributed by atoms with E-state index < -0.39 is 6.04 Å². The van der Waals surface area contributed by atoms with Crippen LogP contribution in [-0.2, 0) is 14.9 Å². The van der Waals surface area contributed by atoms with Crippen LogP contribution in [0.4, 0.5) is 0 Å². The number of rotatable bonds is 4. The third-order valence-electron chi connectivity index (χ3n) is 3.90. The molecular weight excluding hydrogens is 284 g/mol. The number of carbonyl (C=O) groups excluding carboxylic acids is 1. The fourth-order valence-electron chi connectivity index (χ4n) is 2.66. The highest BCUT2D eigenvalue weighted by Crippen LogP contribution is 2.29. The summed E-state index contributed by atoms with van der Waals surface area (Å²) in [4.78, 5) is 16.8. The van der Waals surface area contributed by atoms with Crippen molar-refractivity contribution in [2.75, 3.05) is 7.11 Å². The van der Waals surface area contributed by atoms with E-state index in [1.54, 1.807) is 11.3 Å². The molecule has 5 heteroatoms. The van der Waals surface area contributed by atoms with E-state index in [4.69, 9.17) is 4.74 Å². The average Bonchev–Trinajstić information content (AvgIpc) is 2.94. The number of methoxy groups -OCH3 is 1. The van der Waals surface area contributed by atoms with Crippen LogP contribution >= 0.6 is 11.3 Å². The second-order valence-corrected chi connectivity index (χ2v) is 7.64. The molecule has 0 saturated heterocycles. The molecule has 1 saturated carbocycles. The van der Waals surface area contributed by atoms with Gasteiger partial charge in [0.1, 0.15) is 6.04 Å². The second kappa shape index (κ2) is 6.88. The summed E-state index contributed by atoms with van der Waals surface area (Å²) in [6.45, 7) is 6.41. The number of nitrogens with zero attached hydrogens (tertiary/aromatic N) is 1. The molecule has 0 radical (unpaired) electrons. The van der Waals surface area contributed by atoms with Gasteiger partial charge in [-0.05, 0) is 12.8 Å². The fourth-order valence-corrected chi connectivity index (χ4v) is 3.59. The maximum absolute atomic E-state index is 12.1. The minimum absolute atomic E-state index is 0.00836. The molecule has 21 heavy (non-hydrogen) atoms. The number of carbonyl (C=O) groups is 1. The highest BCUT2D eigenvalue weighted by atomic mass is 32.1. The van der Waals surface area contributed by atoms with Crippen LogP contribution in [0.2, 0.25) is 0 Å². The van der Waals surface area contributed by atoms with Gasteiger partial charge in [0.2, 0.25) is 0 Å². The Balaban J connectivity index is 2.15. The summed E-state index contributed by atoms with van der Waals surface area (Å²) in [5.41, 5.74) is 0.802. The number of aromatic nitrogens is 1. The Bertz CT molecular complexity index is 473. The summed E-state index contributed by atoms with van der Waals surface area (Å²) in [7, 11) is 1.44. The minimum atomic E-state index is -0.439. The molecule has 1 fully saturated rings. The molecule has 1 unspecified atom stereocenters. The van der Waals surface area contributed by atoms with E-state index in [-0.39, 0.29) is 11.4 Å². The molecule has 118 valence electrons. The first-order valence-corrected chi connectivity index (χ1v) is 8.59. The zero-order valence-electron chi connectivity index (χ0n) is 13.4. The lowest BCUT2D eigenvalue weighted by molar-refractivity contribution is -0.143. The van der Waals surface area contributed by atoms with Crippen LogP contribution in [-0.4, -0.2) is 24.1 Å². The molecule has 1 aliphatic rings. The lowest BCUT2D eigenvalue weighted by Gasteiger charge is -2.26. The van der Waals surface area contributed by atoms with E-state index >= 15 is 0 Å². The molecule has 0 aromatic carbocycles. The van der Waals surface area contributed by atoms with Gasteiger partial charge in [-0.15, -0.1) is 11.3 Å². The van der Waals surface area contributed by atoms with Crippen molar-refractivity contribution >= 4 is 17.3 Å². The van der Waals surface area contributed by atoms with Crippen molar-refractivity contribution in [3.8, 4) is 0 Å². The third kappa shape index (κ3) is 4.27. The first kappa shape index (κ1) is 16.4. The van der Waals surface area contributed by atoms with Crippen molar-refractivity contribution in [2.24, 2.45) is 0 Å². The lowest BCUT2D eigenvalue weighted by Crippen LogP contribution is -2.39. The Morgan fingerprint density at radius 3 is 2.57 bits per heavy atom. The van der Waals surface area contributed by atoms with Gasteiger partial charge >= 0.3 is 5.97 Å². The highest BCUT2D eigenvalue weighted by molar-refractivity contribution is 7.09. The van der Waals surface area contributed by atoms with Crippen molar-refractivity contribution in [1.82, 2.24) is 10.3 Å². The van der Waals surface area contributed by atoms with Crippen molar-refractivity contribution in [3.05, 3.63) is 16.1 Å². The van der Waals surface area contributed by atoms with Crippen molar-refractivity contribution < 1.29 is 9.53 Å². The minimum Gasteiger partial charge on any atom is -0.468 e. The number of thiazole rings is 1. The van der Waals surface area contributed by atoms with Crippen LogP contribution in [0.5, 0.6) is 0 Å². The van der Waals surface area contributed by atoms with Gasteiger partial charge in [0.05, 0.1) is 17.8 Å². The summed E-state index contributed by atoms with van der Waals surface area (Å²) in [6.07, 6.45) is 6.02. The second-order valence-electron chi connectivity index (χ2n) is 6.79. The Hall–Kier alpha value is -0.940. The van der Waals surface area contributed by atoms with E-state index in [1.807, 2.05) is 5.38 Å². The Morgan fingerprint density at radius 2 is 2.05 bits per heavy atom. The molecule has 1 aliphatic carbocycles. The molecule has 4 nitrogen and oxygen atoms in total. The molecule has 1 N–H and O–H groups in total. The molecule has 1 aromatic rings. The largest absolute Gasteiger partial charge is 0.468 e. The standard InChI is InChI=1S/C16H26N2O2S/c1-16(2,3)15-18-12(10-21-15)13(14(19)20-4)17-11-8-6-5-7-9-11/h10-11,13,17H,5-9H2,1-4H3. The maximum Gasteiger partial charge on any atom is 0.329 e. The zero-order chi connectivity index (χ0) is 15.5. The number of hydrogen-bond donors (Lipinski definition) is 1. The molecule has 0 amide bonds. The molecular formula is C16H26N2O2S. The van der Waals surface area contributed by atoms with Gasteiger partial charge in [-0.1, -0.05) is 40.0 Å². The van der Waals surface area contributed by atoms with Crippen LogP contribution in [0.3, 0.4) is 0 Å². The molecule has 0 aliphatic heterocycles. The first-order valence-electron chi connectivity index (χ1n) is 7.71. The van der Waals surface area contributed by atoms with Crippen LogP contribution in [0, 0.1) is 0 Å². The fraction of sp³-hybridized carbons (Fsp3) is 0.750. The van der Waals surface area contributed by atoms with Gasteiger partial charge < -0.3 is 4.74 Å². The van der Waals surface area contributed by atoms with Crippen LogP contribution in [0.15, 0.2) is 5.38 Å². The topological polar surface area (TPSA) is 51.2 Å². The molecule has 1 atom stereocenters. The maximum atomic E-state index is 12.1. The van der Waals surface area contributed by atoms with Gasteiger partial charge in [-0.3, -0.25) is 5.32 Å².